The molecule has 3 aromatic rings. The highest BCUT2D eigenvalue weighted by atomic mass is 16.3. The molecule has 1 atom stereocenters. The predicted molar refractivity (Wildman–Crippen MR) is 84.6 cm³/mol. The number of nitrogens with one attached hydrogen (secondary N) is 1. The summed E-state index contributed by atoms with van der Waals surface area (Å²) in [6, 6.07) is 8.23. The maximum atomic E-state index is 5.30. The lowest BCUT2D eigenvalue weighted by molar-refractivity contribution is 0.195. The highest BCUT2D eigenvalue weighted by molar-refractivity contribution is 5.74. The van der Waals surface area contributed by atoms with Crippen LogP contribution < -0.4 is 0 Å². The molecule has 22 heavy (non-hydrogen) atoms. The van der Waals surface area contributed by atoms with Crippen molar-refractivity contribution in [2.45, 2.75) is 32.2 Å². The van der Waals surface area contributed by atoms with Crippen LogP contribution in [0.5, 0.6) is 0 Å². The number of aryl methyl sites for hydroxylation is 1. The second kappa shape index (κ2) is 5.57. The maximum absolute atomic E-state index is 5.30. The van der Waals surface area contributed by atoms with Gasteiger partial charge in [0.15, 0.2) is 5.89 Å². The molecular weight excluding hydrogens is 276 g/mol. The van der Waals surface area contributed by atoms with E-state index in [1.807, 2.05) is 19.1 Å². The van der Waals surface area contributed by atoms with Gasteiger partial charge >= 0.3 is 0 Å². The molecule has 0 spiro atoms. The van der Waals surface area contributed by atoms with Crippen LogP contribution in [0.4, 0.5) is 0 Å². The maximum Gasteiger partial charge on any atom is 0.191 e. The molecule has 0 aliphatic carbocycles. The van der Waals surface area contributed by atoms with Gasteiger partial charge in [-0.3, -0.25) is 4.90 Å². The van der Waals surface area contributed by atoms with Crippen molar-refractivity contribution in [1.29, 1.82) is 0 Å². The van der Waals surface area contributed by atoms with Crippen molar-refractivity contribution in [3.8, 4) is 0 Å². The Kier molecular flexibility index (Phi) is 3.42. The Balaban J connectivity index is 1.50. The van der Waals surface area contributed by atoms with Crippen LogP contribution in [-0.4, -0.2) is 32.9 Å². The van der Waals surface area contributed by atoms with Gasteiger partial charge in [0.05, 0.1) is 16.7 Å². The van der Waals surface area contributed by atoms with Gasteiger partial charge in [-0.2, -0.15) is 0 Å². The molecule has 1 aliphatic rings. The van der Waals surface area contributed by atoms with Crippen molar-refractivity contribution in [3.05, 3.63) is 47.9 Å². The Morgan fingerprint density at radius 2 is 2.23 bits per heavy atom. The van der Waals surface area contributed by atoms with Crippen LogP contribution in [0.15, 0.2) is 34.9 Å². The lowest BCUT2D eigenvalue weighted by Crippen LogP contribution is -2.34. The number of benzene rings is 1. The zero-order valence-electron chi connectivity index (χ0n) is 12.7. The van der Waals surface area contributed by atoms with Gasteiger partial charge in [0, 0.05) is 25.9 Å². The molecule has 1 N–H and O–H groups in total. The van der Waals surface area contributed by atoms with E-state index in [-0.39, 0.29) is 0 Å². The first-order chi connectivity index (χ1) is 10.8. The zero-order valence-corrected chi connectivity index (χ0v) is 12.7. The molecule has 4 rings (SSSR count). The normalized spacial score (nSPS) is 19.8. The second-order valence-electron chi connectivity index (χ2n) is 6.07. The van der Waals surface area contributed by atoms with E-state index in [1.54, 1.807) is 6.26 Å². The summed E-state index contributed by atoms with van der Waals surface area (Å²) in [4.78, 5) is 15.1. The van der Waals surface area contributed by atoms with E-state index in [2.05, 4.69) is 27.0 Å². The minimum Gasteiger partial charge on any atom is -0.449 e. The minimum absolute atomic E-state index is 0.467. The van der Waals surface area contributed by atoms with Gasteiger partial charge < -0.3 is 9.40 Å². The van der Waals surface area contributed by atoms with Crippen molar-refractivity contribution < 1.29 is 4.42 Å². The molecule has 1 saturated heterocycles. The van der Waals surface area contributed by atoms with Crippen LogP contribution in [-0.2, 0) is 6.54 Å². The molecule has 0 amide bonds. The van der Waals surface area contributed by atoms with E-state index < -0.39 is 0 Å². The standard InChI is InChI=1S/C17H20N4O/c1-12-18-14(11-22-12)10-21-8-4-5-13(9-21)17-19-15-6-2-3-7-16(15)20-17/h2-3,6-7,11,13H,4-5,8-10H2,1H3,(H,19,20). The fourth-order valence-electron chi connectivity index (χ4n) is 3.30. The van der Waals surface area contributed by atoms with Crippen LogP contribution >= 0.6 is 0 Å². The van der Waals surface area contributed by atoms with Gasteiger partial charge in [0.2, 0.25) is 0 Å². The number of nitrogens with zero attached hydrogens (tertiary/aromatic N) is 3. The third kappa shape index (κ3) is 2.64. The predicted octanol–water partition coefficient (Wildman–Crippen LogP) is 3.24. The van der Waals surface area contributed by atoms with E-state index in [0.717, 1.165) is 48.1 Å². The third-order valence-corrected chi connectivity index (χ3v) is 4.35. The fourth-order valence-corrected chi connectivity index (χ4v) is 3.30. The number of para-hydroxylation sites is 2. The minimum atomic E-state index is 0.467. The molecular formula is C17H20N4O. The molecule has 114 valence electrons. The molecule has 1 fully saturated rings. The fraction of sp³-hybridized carbons (Fsp3) is 0.412. The summed E-state index contributed by atoms with van der Waals surface area (Å²) in [5.41, 5.74) is 3.20. The Labute approximate surface area is 129 Å². The summed E-state index contributed by atoms with van der Waals surface area (Å²) < 4.78 is 5.30. The molecule has 5 heteroatoms. The van der Waals surface area contributed by atoms with Crippen molar-refractivity contribution in [2.24, 2.45) is 0 Å². The van der Waals surface area contributed by atoms with Crippen molar-refractivity contribution in [1.82, 2.24) is 19.9 Å². The molecule has 3 heterocycles. The SMILES string of the molecule is Cc1nc(CN2CCCC(c3nc4ccccc4[nH]3)C2)co1. The Hall–Kier alpha value is -2.14. The van der Waals surface area contributed by atoms with E-state index >= 15 is 0 Å². The second-order valence-corrected chi connectivity index (χ2v) is 6.07. The summed E-state index contributed by atoms with van der Waals surface area (Å²) >= 11 is 0. The van der Waals surface area contributed by atoms with E-state index in [0.29, 0.717) is 5.92 Å². The number of hydrogen-bond acceptors (Lipinski definition) is 4. The summed E-state index contributed by atoms with van der Waals surface area (Å²) in [6.45, 7) is 4.87. The molecule has 0 radical (unpaired) electrons. The van der Waals surface area contributed by atoms with E-state index in [4.69, 9.17) is 9.40 Å². The van der Waals surface area contributed by atoms with Crippen LogP contribution in [0, 0.1) is 6.92 Å². The van der Waals surface area contributed by atoms with Gasteiger partial charge in [0.25, 0.3) is 0 Å². The number of oxazole rings is 1. The topological polar surface area (TPSA) is 58.0 Å². The zero-order chi connectivity index (χ0) is 14.9. The van der Waals surface area contributed by atoms with Gasteiger partial charge in [0.1, 0.15) is 12.1 Å². The highest BCUT2D eigenvalue weighted by Gasteiger charge is 2.24. The molecule has 5 nitrogen and oxygen atoms in total. The Bertz CT molecular complexity index is 743. The lowest BCUT2D eigenvalue weighted by Gasteiger charge is -2.31. The van der Waals surface area contributed by atoms with Crippen molar-refractivity contribution in [3.63, 3.8) is 0 Å². The number of imidazole rings is 1. The number of likely N-dealkylation sites (tertiary alicyclic amines) is 1. The van der Waals surface area contributed by atoms with Crippen LogP contribution in [0.1, 0.15) is 36.2 Å². The van der Waals surface area contributed by atoms with Crippen molar-refractivity contribution in [2.75, 3.05) is 13.1 Å². The van der Waals surface area contributed by atoms with Crippen LogP contribution in [0.2, 0.25) is 0 Å². The first kappa shape index (κ1) is 13.5. The molecule has 1 aromatic carbocycles. The summed E-state index contributed by atoms with van der Waals surface area (Å²) in [5, 5.41) is 0. The number of fused-ring (bicyclic) bond motifs is 1. The molecule has 1 aliphatic heterocycles. The van der Waals surface area contributed by atoms with Crippen molar-refractivity contribution >= 4 is 11.0 Å². The van der Waals surface area contributed by atoms with E-state index in [1.165, 1.54) is 12.8 Å². The summed E-state index contributed by atoms with van der Waals surface area (Å²) in [6.07, 6.45) is 4.15. The molecule has 2 aromatic heterocycles. The summed E-state index contributed by atoms with van der Waals surface area (Å²) in [7, 11) is 0. The number of H-pyrrole nitrogens is 1. The average molecular weight is 296 g/mol. The summed E-state index contributed by atoms with van der Waals surface area (Å²) in [5.74, 6) is 2.32. The first-order valence-electron chi connectivity index (χ1n) is 7.86. The monoisotopic (exact) mass is 296 g/mol. The van der Waals surface area contributed by atoms with Gasteiger partial charge in [-0.15, -0.1) is 0 Å². The quantitative estimate of drug-likeness (QED) is 0.806. The van der Waals surface area contributed by atoms with E-state index in [9.17, 15) is 0 Å². The molecule has 1 unspecified atom stereocenters. The van der Waals surface area contributed by atoms with Gasteiger partial charge in [-0.1, -0.05) is 12.1 Å². The number of aromatic amines is 1. The van der Waals surface area contributed by atoms with Gasteiger partial charge in [-0.05, 0) is 31.5 Å². The third-order valence-electron chi connectivity index (χ3n) is 4.35. The Morgan fingerprint density at radius 3 is 3.05 bits per heavy atom. The molecule has 0 saturated carbocycles. The average Bonchev–Trinajstić information content (AvgIpc) is 3.13. The highest BCUT2D eigenvalue weighted by Crippen LogP contribution is 2.27. The number of rotatable bonds is 3. The molecule has 0 bridgehead atoms. The largest absolute Gasteiger partial charge is 0.449 e. The van der Waals surface area contributed by atoms with Gasteiger partial charge in [-0.25, -0.2) is 9.97 Å². The number of piperidine rings is 1. The lowest BCUT2D eigenvalue weighted by atomic mass is 9.97. The number of hydrogen-bond donors (Lipinski definition) is 1. The first-order valence-corrected chi connectivity index (χ1v) is 7.86. The smallest absolute Gasteiger partial charge is 0.191 e. The number of aromatic nitrogens is 3. The van der Waals surface area contributed by atoms with Crippen LogP contribution in [0.3, 0.4) is 0 Å². The Morgan fingerprint density at radius 1 is 1.32 bits per heavy atom. The van der Waals surface area contributed by atoms with Crippen LogP contribution in [0.25, 0.3) is 11.0 Å².